The second-order valence-corrected chi connectivity index (χ2v) is 7.11. The average Bonchev–Trinajstić information content (AvgIpc) is 2.91. The van der Waals surface area contributed by atoms with Crippen molar-refractivity contribution in [1.82, 2.24) is 0 Å². The van der Waals surface area contributed by atoms with Crippen LogP contribution in [0.4, 0.5) is 11.4 Å². The maximum Gasteiger partial charge on any atom is 0.260 e. The molecule has 0 aromatic heterocycles. The van der Waals surface area contributed by atoms with Gasteiger partial charge in [-0.05, 0) is 55.0 Å². The standard InChI is InChI=1S/C21H16Cl2N2O/c1-13-6-11-19(18(23)12-13)24-20-16-4-2-3-5-17(16)21(26)25(20)15-9-7-14(22)8-10-15/h2-12,20,24H,1H3/t20-/m1/s1. The Labute approximate surface area is 162 Å². The summed E-state index contributed by atoms with van der Waals surface area (Å²) in [6.45, 7) is 1.99. The van der Waals surface area contributed by atoms with Crippen molar-refractivity contribution in [3.63, 3.8) is 0 Å². The molecule has 3 aromatic rings. The molecule has 0 bridgehead atoms. The summed E-state index contributed by atoms with van der Waals surface area (Å²) < 4.78 is 0. The Morgan fingerprint density at radius 1 is 0.962 bits per heavy atom. The van der Waals surface area contributed by atoms with Gasteiger partial charge in [-0.25, -0.2) is 0 Å². The highest BCUT2D eigenvalue weighted by Gasteiger charge is 2.37. The number of carbonyl (C=O) groups excluding carboxylic acids is 1. The minimum Gasteiger partial charge on any atom is -0.360 e. The Kier molecular flexibility index (Phi) is 4.35. The lowest BCUT2D eigenvalue weighted by Gasteiger charge is -2.27. The normalized spacial score (nSPS) is 15.9. The van der Waals surface area contributed by atoms with E-state index in [1.807, 2.05) is 61.5 Å². The minimum absolute atomic E-state index is 0.0522. The van der Waals surface area contributed by atoms with Crippen LogP contribution >= 0.6 is 23.2 Å². The summed E-state index contributed by atoms with van der Waals surface area (Å²) in [6, 6.07) is 20.7. The van der Waals surface area contributed by atoms with Crippen LogP contribution in [0.5, 0.6) is 0 Å². The maximum atomic E-state index is 13.0. The quantitative estimate of drug-likeness (QED) is 0.595. The highest BCUT2D eigenvalue weighted by molar-refractivity contribution is 6.33. The highest BCUT2D eigenvalue weighted by Crippen LogP contribution is 2.39. The van der Waals surface area contributed by atoms with E-state index in [1.54, 1.807) is 17.0 Å². The van der Waals surface area contributed by atoms with Crippen LogP contribution in [-0.2, 0) is 0 Å². The van der Waals surface area contributed by atoms with E-state index >= 15 is 0 Å². The lowest BCUT2D eigenvalue weighted by molar-refractivity contribution is 0.0993. The fraction of sp³-hybridized carbons (Fsp3) is 0.0952. The van der Waals surface area contributed by atoms with Crippen LogP contribution in [0.1, 0.15) is 27.7 Å². The van der Waals surface area contributed by atoms with E-state index in [0.29, 0.717) is 15.6 Å². The van der Waals surface area contributed by atoms with Gasteiger partial charge >= 0.3 is 0 Å². The summed E-state index contributed by atoms with van der Waals surface area (Å²) >= 11 is 12.4. The first-order valence-corrected chi connectivity index (χ1v) is 9.01. The van der Waals surface area contributed by atoms with Crippen molar-refractivity contribution in [1.29, 1.82) is 0 Å². The molecule has 0 aliphatic carbocycles. The number of anilines is 2. The highest BCUT2D eigenvalue weighted by atomic mass is 35.5. The number of nitrogens with zero attached hydrogens (tertiary/aromatic N) is 1. The molecule has 5 heteroatoms. The van der Waals surface area contributed by atoms with Gasteiger partial charge in [0.25, 0.3) is 5.91 Å². The lowest BCUT2D eigenvalue weighted by Crippen LogP contribution is -2.32. The number of halogens is 2. The first kappa shape index (κ1) is 17.0. The Balaban J connectivity index is 1.79. The van der Waals surface area contributed by atoms with E-state index in [0.717, 1.165) is 22.5 Å². The topological polar surface area (TPSA) is 32.3 Å². The molecule has 3 aromatic carbocycles. The molecule has 4 rings (SSSR count). The number of nitrogens with one attached hydrogen (secondary N) is 1. The van der Waals surface area contributed by atoms with Crippen molar-refractivity contribution in [2.75, 3.05) is 10.2 Å². The van der Waals surface area contributed by atoms with Crippen molar-refractivity contribution in [3.8, 4) is 0 Å². The minimum atomic E-state index is -0.347. The van der Waals surface area contributed by atoms with Crippen LogP contribution in [0, 0.1) is 6.92 Å². The van der Waals surface area contributed by atoms with E-state index in [9.17, 15) is 4.79 Å². The molecule has 1 aliphatic rings. The maximum absolute atomic E-state index is 13.0. The van der Waals surface area contributed by atoms with Crippen molar-refractivity contribution >= 4 is 40.5 Å². The van der Waals surface area contributed by atoms with Crippen molar-refractivity contribution in [2.24, 2.45) is 0 Å². The molecular formula is C21H16Cl2N2O. The van der Waals surface area contributed by atoms with Gasteiger partial charge in [-0.1, -0.05) is 47.5 Å². The third kappa shape index (κ3) is 2.94. The number of hydrogen-bond acceptors (Lipinski definition) is 2. The predicted molar refractivity (Wildman–Crippen MR) is 107 cm³/mol. The van der Waals surface area contributed by atoms with Crippen molar-refractivity contribution in [3.05, 3.63) is 93.5 Å². The Morgan fingerprint density at radius 2 is 1.69 bits per heavy atom. The molecule has 1 aliphatic heterocycles. The van der Waals surface area contributed by atoms with Gasteiger partial charge in [0, 0.05) is 21.8 Å². The number of rotatable bonds is 3. The van der Waals surface area contributed by atoms with Gasteiger partial charge in [-0.2, -0.15) is 0 Å². The molecular weight excluding hydrogens is 367 g/mol. The number of benzene rings is 3. The van der Waals surface area contributed by atoms with E-state index in [2.05, 4.69) is 5.32 Å². The average molecular weight is 383 g/mol. The van der Waals surface area contributed by atoms with Crippen molar-refractivity contribution < 1.29 is 4.79 Å². The monoisotopic (exact) mass is 382 g/mol. The molecule has 1 heterocycles. The first-order valence-electron chi connectivity index (χ1n) is 8.25. The van der Waals surface area contributed by atoms with Gasteiger partial charge in [-0.3, -0.25) is 9.69 Å². The summed E-state index contributed by atoms with van der Waals surface area (Å²) in [5, 5.41) is 4.68. The molecule has 0 saturated heterocycles. The molecule has 3 nitrogen and oxygen atoms in total. The molecule has 0 radical (unpaired) electrons. The van der Waals surface area contributed by atoms with Crippen LogP contribution in [0.15, 0.2) is 66.7 Å². The molecule has 130 valence electrons. The van der Waals surface area contributed by atoms with Crippen LogP contribution < -0.4 is 10.2 Å². The number of hydrogen-bond donors (Lipinski definition) is 1. The Bertz CT molecular complexity index is 986. The molecule has 0 spiro atoms. The molecule has 0 unspecified atom stereocenters. The van der Waals surface area contributed by atoms with E-state index in [1.165, 1.54) is 0 Å². The number of fused-ring (bicyclic) bond motifs is 1. The van der Waals surface area contributed by atoms with Gasteiger partial charge in [0.1, 0.15) is 6.17 Å². The van der Waals surface area contributed by atoms with E-state index in [4.69, 9.17) is 23.2 Å². The Morgan fingerprint density at radius 3 is 2.42 bits per heavy atom. The van der Waals surface area contributed by atoms with Crippen molar-refractivity contribution in [2.45, 2.75) is 13.1 Å². The van der Waals surface area contributed by atoms with Gasteiger partial charge in [-0.15, -0.1) is 0 Å². The zero-order chi connectivity index (χ0) is 18.3. The predicted octanol–water partition coefficient (Wildman–Crippen LogP) is 6.07. The second-order valence-electron chi connectivity index (χ2n) is 6.27. The fourth-order valence-corrected chi connectivity index (χ4v) is 3.63. The third-order valence-electron chi connectivity index (χ3n) is 4.48. The molecule has 0 fully saturated rings. The zero-order valence-corrected chi connectivity index (χ0v) is 15.6. The second kappa shape index (κ2) is 6.67. The summed E-state index contributed by atoms with van der Waals surface area (Å²) in [7, 11) is 0. The molecule has 1 N–H and O–H groups in total. The lowest BCUT2D eigenvalue weighted by atomic mass is 10.1. The first-order chi connectivity index (χ1) is 12.5. The van der Waals surface area contributed by atoms with E-state index in [-0.39, 0.29) is 12.1 Å². The van der Waals surface area contributed by atoms with Crippen LogP contribution in [0.2, 0.25) is 10.0 Å². The summed E-state index contributed by atoms with van der Waals surface area (Å²) in [5.74, 6) is -0.0522. The Hall–Kier alpha value is -2.49. The van der Waals surface area contributed by atoms with Crippen LogP contribution in [-0.4, -0.2) is 5.91 Å². The molecule has 0 saturated carbocycles. The number of carbonyl (C=O) groups is 1. The molecule has 26 heavy (non-hydrogen) atoms. The van der Waals surface area contributed by atoms with E-state index < -0.39 is 0 Å². The van der Waals surface area contributed by atoms with Gasteiger partial charge in [0.2, 0.25) is 0 Å². The molecule has 1 amide bonds. The molecule has 1 atom stereocenters. The number of aryl methyl sites for hydroxylation is 1. The summed E-state index contributed by atoms with van der Waals surface area (Å²) in [6.07, 6.45) is -0.347. The van der Waals surface area contributed by atoms with Gasteiger partial charge < -0.3 is 5.32 Å². The van der Waals surface area contributed by atoms with Gasteiger partial charge in [0.05, 0.1) is 10.7 Å². The van der Waals surface area contributed by atoms with Crippen LogP contribution in [0.3, 0.4) is 0 Å². The third-order valence-corrected chi connectivity index (χ3v) is 5.05. The summed E-state index contributed by atoms with van der Waals surface area (Å²) in [4.78, 5) is 14.8. The zero-order valence-electron chi connectivity index (χ0n) is 14.0. The fourth-order valence-electron chi connectivity index (χ4n) is 3.21. The largest absolute Gasteiger partial charge is 0.360 e. The number of amides is 1. The smallest absolute Gasteiger partial charge is 0.260 e. The SMILES string of the molecule is Cc1ccc(N[C@H]2c3ccccc3C(=O)N2c2ccc(Cl)cc2)c(Cl)c1. The summed E-state index contributed by atoms with van der Waals surface area (Å²) in [5.41, 5.74) is 4.24. The van der Waals surface area contributed by atoms with Gasteiger partial charge in [0.15, 0.2) is 0 Å². The van der Waals surface area contributed by atoms with Crippen LogP contribution in [0.25, 0.3) is 0 Å².